The topological polar surface area (TPSA) is 132 Å². The van der Waals surface area contributed by atoms with E-state index in [9.17, 15) is 13.2 Å². The van der Waals surface area contributed by atoms with Gasteiger partial charge < -0.3 is 21.2 Å². The number of rotatable bonds is 3. The van der Waals surface area contributed by atoms with Gasteiger partial charge in [-0.05, 0) is 13.1 Å². The van der Waals surface area contributed by atoms with E-state index in [1.54, 1.807) is 24.3 Å². The number of sulfonamides is 1. The standard InChI is InChI=1S/C13H15N3O4S.C2H6.CH5N/c14-13(17)11-12(9-3-1-2-4-10(9)15-11)21(18,19)16-5-7-20-8-6-16;2*1-2/h1-4,15H,5-8H2,(H2,14,17);1-2H3;2H2,1H3. The van der Waals surface area contributed by atoms with Gasteiger partial charge in [-0.25, -0.2) is 8.42 Å². The van der Waals surface area contributed by atoms with Gasteiger partial charge in [-0.15, -0.1) is 0 Å². The molecule has 1 aliphatic rings. The molecule has 0 saturated carbocycles. The number of hydrogen-bond donors (Lipinski definition) is 3. The molecule has 5 N–H and O–H groups in total. The fraction of sp³-hybridized carbons (Fsp3) is 0.438. The Balaban J connectivity index is 0.000000730. The van der Waals surface area contributed by atoms with Crippen LogP contribution in [0.1, 0.15) is 24.3 Å². The van der Waals surface area contributed by atoms with Crippen LogP contribution in [0.25, 0.3) is 10.9 Å². The molecular formula is C16H26N4O4S. The number of ether oxygens (including phenoxy) is 1. The lowest BCUT2D eigenvalue weighted by Gasteiger charge is -2.26. The van der Waals surface area contributed by atoms with Gasteiger partial charge in [-0.3, -0.25) is 4.79 Å². The highest BCUT2D eigenvalue weighted by Crippen LogP contribution is 2.29. The molecule has 1 saturated heterocycles. The number of aromatic nitrogens is 1. The summed E-state index contributed by atoms with van der Waals surface area (Å²) in [6.07, 6.45) is 0. The van der Waals surface area contributed by atoms with Gasteiger partial charge in [0.05, 0.1) is 13.2 Å². The number of H-pyrrole nitrogens is 1. The molecule has 0 unspecified atom stereocenters. The van der Waals surface area contributed by atoms with Gasteiger partial charge in [0.15, 0.2) is 0 Å². The van der Waals surface area contributed by atoms with Crippen molar-refractivity contribution < 1.29 is 17.9 Å². The zero-order chi connectivity index (χ0) is 19.0. The van der Waals surface area contributed by atoms with E-state index in [-0.39, 0.29) is 23.7 Å². The Morgan fingerprint density at radius 3 is 2.28 bits per heavy atom. The van der Waals surface area contributed by atoms with Gasteiger partial charge in [0, 0.05) is 24.0 Å². The minimum atomic E-state index is -3.80. The van der Waals surface area contributed by atoms with E-state index in [1.807, 2.05) is 13.8 Å². The van der Waals surface area contributed by atoms with Crippen molar-refractivity contribution in [1.29, 1.82) is 0 Å². The third-order valence-corrected chi connectivity index (χ3v) is 5.46. The number of para-hydroxylation sites is 1. The fourth-order valence-electron chi connectivity index (χ4n) is 2.47. The lowest BCUT2D eigenvalue weighted by atomic mass is 10.2. The van der Waals surface area contributed by atoms with Crippen LogP contribution in [-0.2, 0) is 14.8 Å². The Morgan fingerprint density at radius 2 is 1.72 bits per heavy atom. The van der Waals surface area contributed by atoms with Crippen LogP contribution in [0.3, 0.4) is 0 Å². The maximum atomic E-state index is 12.8. The molecule has 0 atom stereocenters. The molecule has 3 rings (SSSR count). The summed E-state index contributed by atoms with van der Waals surface area (Å²) in [5, 5.41) is 0.470. The molecule has 1 amide bonds. The van der Waals surface area contributed by atoms with Crippen LogP contribution in [-0.4, -0.2) is 57.0 Å². The number of morpholine rings is 1. The zero-order valence-electron chi connectivity index (χ0n) is 14.8. The summed E-state index contributed by atoms with van der Waals surface area (Å²) >= 11 is 0. The first-order valence-corrected chi connectivity index (χ1v) is 9.52. The zero-order valence-corrected chi connectivity index (χ0v) is 15.6. The SMILES string of the molecule is CC.CN.NC(=O)c1[nH]c2ccccc2c1S(=O)(=O)N1CCOCC1. The highest BCUT2D eigenvalue weighted by molar-refractivity contribution is 7.89. The number of fused-ring (bicyclic) bond motifs is 1. The summed E-state index contributed by atoms with van der Waals surface area (Å²) in [5.74, 6) is -0.793. The molecule has 140 valence electrons. The third-order valence-electron chi connectivity index (χ3n) is 3.47. The van der Waals surface area contributed by atoms with E-state index in [2.05, 4.69) is 10.7 Å². The number of nitrogens with zero attached hydrogens (tertiary/aromatic N) is 1. The number of aromatic amines is 1. The highest BCUT2D eigenvalue weighted by Gasteiger charge is 2.33. The number of hydrogen-bond acceptors (Lipinski definition) is 5. The lowest BCUT2D eigenvalue weighted by Crippen LogP contribution is -2.41. The predicted molar refractivity (Wildman–Crippen MR) is 97.9 cm³/mol. The normalized spacial score (nSPS) is 14.9. The van der Waals surface area contributed by atoms with E-state index in [0.717, 1.165) is 0 Å². The van der Waals surface area contributed by atoms with Crippen molar-refractivity contribution in [3.05, 3.63) is 30.0 Å². The minimum Gasteiger partial charge on any atom is -0.379 e. The molecule has 1 fully saturated rings. The van der Waals surface area contributed by atoms with Crippen molar-refractivity contribution in [2.75, 3.05) is 33.4 Å². The van der Waals surface area contributed by atoms with Crippen molar-refractivity contribution in [1.82, 2.24) is 9.29 Å². The summed E-state index contributed by atoms with van der Waals surface area (Å²) in [5.41, 5.74) is 10.3. The molecule has 1 aliphatic heterocycles. The third kappa shape index (κ3) is 4.37. The van der Waals surface area contributed by atoms with Gasteiger partial charge in [-0.1, -0.05) is 32.0 Å². The average Bonchev–Trinajstić information content (AvgIpc) is 3.06. The highest BCUT2D eigenvalue weighted by atomic mass is 32.2. The Hall–Kier alpha value is -1.94. The predicted octanol–water partition coefficient (Wildman–Crippen LogP) is 0.889. The van der Waals surface area contributed by atoms with Crippen molar-refractivity contribution in [3.63, 3.8) is 0 Å². The van der Waals surface area contributed by atoms with E-state index < -0.39 is 15.9 Å². The Bertz CT molecular complexity index is 796. The number of nitrogens with two attached hydrogens (primary N) is 2. The minimum absolute atomic E-state index is 0.0486. The first-order valence-electron chi connectivity index (χ1n) is 8.08. The molecule has 0 aliphatic carbocycles. The first kappa shape index (κ1) is 21.1. The van der Waals surface area contributed by atoms with Gasteiger partial charge in [-0.2, -0.15) is 4.31 Å². The maximum absolute atomic E-state index is 12.8. The molecule has 0 spiro atoms. The number of carbonyl (C=O) groups excluding carboxylic acids is 1. The number of benzene rings is 1. The average molecular weight is 370 g/mol. The molecule has 2 heterocycles. The van der Waals surface area contributed by atoms with Crippen LogP contribution in [0.5, 0.6) is 0 Å². The molecular weight excluding hydrogens is 344 g/mol. The van der Waals surface area contributed by atoms with Gasteiger partial charge >= 0.3 is 0 Å². The summed E-state index contributed by atoms with van der Waals surface area (Å²) in [7, 11) is -2.30. The lowest BCUT2D eigenvalue weighted by molar-refractivity contribution is 0.0730. The summed E-state index contributed by atoms with van der Waals surface area (Å²) in [6.45, 7) is 5.21. The number of amides is 1. The van der Waals surface area contributed by atoms with Crippen LogP contribution < -0.4 is 11.5 Å². The van der Waals surface area contributed by atoms with E-state index in [4.69, 9.17) is 10.5 Å². The van der Waals surface area contributed by atoms with Crippen molar-refractivity contribution in [2.24, 2.45) is 11.5 Å². The maximum Gasteiger partial charge on any atom is 0.266 e. The molecule has 0 radical (unpaired) electrons. The molecule has 1 aromatic heterocycles. The van der Waals surface area contributed by atoms with Crippen LogP contribution in [0, 0.1) is 0 Å². The van der Waals surface area contributed by atoms with Crippen molar-refractivity contribution in [2.45, 2.75) is 18.7 Å². The second kappa shape index (κ2) is 9.52. The van der Waals surface area contributed by atoms with E-state index >= 15 is 0 Å². The van der Waals surface area contributed by atoms with Gasteiger partial charge in [0.25, 0.3) is 5.91 Å². The number of carbonyl (C=O) groups is 1. The number of nitrogens with one attached hydrogen (secondary N) is 1. The molecule has 1 aromatic carbocycles. The van der Waals surface area contributed by atoms with Crippen molar-refractivity contribution >= 4 is 26.8 Å². The van der Waals surface area contributed by atoms with Crippen LogP contribution in [0.15, 0.2) is 29.2 Å². The summed E-state index contributed by atoms with van der Waals surface area (Å²) in [4.78, 5) is 14.4. The molecule has 0 bridgehead atoms. The molecule has 2 aromatic rings. The second-order valence-electron chi connectivity index (χ2n) is 4.76. The Labute approximate surface area is 148 Å². The largest absolute Gasteiger partial charge is 0.379 e. The summed E-state index contributed by atoms with van der Waals surface area (Å²) < 4.78 is 32.2. The molecule has 8 nitrogen and oxygen atoms in total. The molecule has 9 heteroatoms. The fourth-order valence-corrected chi connectivity index (χ4v) is 4.23. The van der Waals surface area contributed by atoms with Gasteiger partial charge in [0.1, 0.15) is 10.6 Å². The smallest absolute Gasteiger partial charge is 0.266 e. The van der Waals surface area contributed by atoms with Gasteiger partial charge in [0.2, 0.25) is 10.0 Å². The molecule has 25 heavy (non-hydrogen) atoms. The first-order chi connectivity index (χ1) is 12.0. The van der Waals surface area contributed by atoms with Crippen LogP contribution >= 0.6 is 0 Å². The van der Waals surface area contributed by atoms with E-state index in [1.165, 1.54) is 11.4 Å². The van der Waals surface area contributed by atoms with E-state index in [0.29, 0.717) is 24.1 Å². The van der Waals surface area contributed by atoms with Crippen molar-refractivity contribution in [3.8, 4) is 0 Å². The van der Waals surface area contributed by atoms with Crippen LogP contribution in [0.4, 0.5) is 0 Å². The Kier molecular flexibility index (Phi) is 8.04. The quantitative estimate of drug-likeness (QED) is 0.738. The Morgan fingerprint density at radius 1 is 1.16 bits per heavy atom. The summed E-state index contributed by atoms with van der Waals surface area (Å²) in [6, 6.07) is 6.85. The second-order valence-corrected chi connectivity index (χ2v) is 6.63. The monoisotopic (exact) mass is 370 g/mol. The number of primary amides is 1. The van der Waals surface area contributed by atoms with Crippen LogP contribution in [0.2, 0.25) is 0 Å².